The Bertz CT molecular complexity index is 1010. The second-order valence-corrected chi connectivity index (χ2v) is 7.21. The zero-order valence-electron chi connectivity index (χ0n) is 14.2. The molecule has 1 heterocycles. The first kappa shape index (κ1) is 16.0. The van der Waals surface area contributed by atoms with Crippen LogP contribution in [-0.4, -0.2) is 22.3 Å². The van der Waals surface area contributed by atoms with E-state index in [0.29, 0.717) is 6.61 Å². The van der Waals surface area contributed by atoms with Crippen LogP contribution in [0.1, 0.15) is 12.0 Å². The number of benzene rings is 3. The fourth-order valence-electron chi connectivity index (χ4n) is 2.84. The van der Waals surface area contributed by atoms with Gasteiger partial charge in [-0.25, -0.2) is 4.98 Å². The van der Waals surface area contributed by atoms with E-state index in [1.807, 2.05) is 6.07 Å². The number of fused-ring (bicyclic) bond motifs is 2. The van der Waals surface area contributed by atoms with Gasteiger partial charge >= 0.3 is 0 Å². The van der Waals surface area contributed by atoms with Gasteiger partial charge in [0.05, 0.1) is 17.6 Å². The molecule has 0 fully saturated rings. The summed E-state index contributed by atoms with van der Waals surface area (Å²) < 4.78 is 5.88. The average Bonchev–Trinajstić information content (AvgIpc) is 3.03. The van der Waals surface area contributed by atoms with E-state index in [0.717, 1.165) is 34.1 Å². The van der Waals surface area contributed by atoms with E-state index in [2.05, 4.69) is 71.5 Å². The maximum Gasteiger partial charge on any atom is 0.166 e. The zero-order valence-corrected chi connectivity index (χ0v) is 15.0. The summed E-state index contributed by atoms with van der Waals surface area (Å²) in [5.74, 6) is 1.91. The van der Waals surface area contributed by atoms with Crippen LogP contribution in [0.25, 0.3) is 21.8 Å². The molecule has 0 aliphatic rings. The van der Waals surface area contributed by atoms with Gasteiger partial charge < -0.3 is 9.72 Å². The van der Waals surface area contributed by atoms with Crippen LogP contribution in [0.5, 0.6) is 5.75 Å². The second-order valence-electron chi connectivity index (χ2n) is 6.12. The molecule has 0 saturated heterocycles. The van der Waals surface area contributed by atoms with Gasteiger partial charge in [0.2, 0.25) is 0 Å². The number of hydrogen-bond donors (Lipinski definition) is 1. The van der Waals surface area contributed by atoms with Gasteiger partial charge in [0.25, 0.3) is 0 Å². The van der Waals surface area contributed by atoms with Gasteiger partial charge in [-0.1, -0.05) is 48.2 Å². The Morgan fingerprint density at radius 1 is 1.00 bits per heavy atom. The highest BCUT2D eigenvalue weighted by molar-refractivity contribution is 7.99. The minimum absolute atomic E-state index is 0.713. The van der Waals surface area contributed by atoms with Gasteiger partial charge in [0, 0.05) is 5.75 Å². The van der Waals surface area contributed by atoms with E-state index in [-0.39, 0.29) is 0 Å². The lowest BCUT2D eigenvalue weighted by molar-refractivity contribution is 0.319. The first-order valence-corrected chi connectivity index (χ1v) is 9.47. The number of H-pyrrole nitrogens is 1. The standard InChI is InChI=1S/C21H20N2OS/c1-15-7-10-19-20(13-15)23-21(22-19)25-12-4-11-24-18-9-8-16-5-2-3-6-17(16)14-18/h2-3,5-10,13-14H,4,11-12H2,1H3,(H,22,23). The molecule has 0 saturated carbocycles. The Morgan fingerprint density at radius 3 is 2.80 bits per heavy atom. The minimum atomic E-state index is 0.713. The molecule has 0 radical (unpaired) electrons. The van der Waals surface area contributed by atoms with Crippen LogP contribution in [0, 0.1) is 6.92 Å². The van der Waals surface area contributed by atoms with Gasteiger partial charge in [-0.05, 0) is 53.9 Å². The molecule has 126 valence electrons. The molecule has 3 nitrogen and oxygen atoms in total. The quantitative estimate of drug-likeness (QED) is 0.365. The highest BCUT2D eigenvalue weighted by Crippen LogP contribution is 2.22. The van der Waals surface area contributed by atoms with E-state index in [9.17, 15) is 0 Å². The van der Waals surface area contributed by atoms with Crippen molar-refractivity contribution in [2.45, 2.75) is 18.5 Å². The van der Waals surface area contributed by atoms with E-state index in [1.165, 1.54) is 16.3 Å². The van der Waals surface area contributed by atoms with Gasteiger partial charge in [-0.15, -0.1) is 0 Å². The molecule has 0 amide bonds. The topological polar surface area (TPSA) is 37.9 Å². The molecular formula is C21H20N2OS. The first-order chi connectivity index (χ1) is 12.3. The molecule has 1 N–H and O–H groups in total. The Morgan fingerprint density at radius 2 is 1.88 bits per heavy atom. The molecule has 4 heteroatoms. The van der Waals surface area contributed by atoms with Crippen molar-refractivity contribution in [3.63, 3.8) is 0 Å². The Labute approximate surface area is 151 Å². The van der Waals surface area contributed by atoms with Gasteiger partial charge in [-0.2, -0.15) is 0 Å². The summed E-state index contributed by atoms with van der Waals surface area (Å²) in [6, 6.07) is 20.9. The summed E-state index contributed by atoms with van der Waals surface area (Å²) >= 11 is 1.74. The number of nitrogens with zero attached hydrogens (tertiary/aromatic N) is 1. The lowest BCUT2D eigenvalue weighted by atomic mass is 10.1. The SMILES string of the molecule is Cc1ccc2nc(SCCCOc3ccc4ccccc4c3)[nH]c2c1. The number of imidazole rings is 1. The number of thioether (sulfide) groups is 1. The minimum Gasteiger partial charge on any atom is -0.494 e. The summed E-state index contributed by atoms with van der Waals surface area (Å²) in [4.78, 5) is 7.99. The molecule has 25 heavy (non-hydrogen) atoms. The molecular weight excluding hydrogens is 328 g/mol. The fraction of sp³-hybridized carbons (Fsp3) is 0.190. The molecule has 0 unspecified atom stereocenters. The second kappa shape index (κ2) is 7.19. The van der Waals surface area contributed by atoms with Crippen molar-refractivity contribution in [2.75, 3.05) is 12.4 Å². The van der Waals surface area contributed by atoms with Crippen LogP contribution in [0.15, 0.2) is 65.8 Å². The molecule has 0 aliphatic heterocycles. The molecule has 0 bridgehead atoms. The smallest absolute Gasteiger partial charge is 0.166 e. The van der Waals surface area contributed by atoms with E-state index < -0.39 is 0 Å². The predicted molar refractivity (Wildman–Crippen MR) is 106 cm³/mol. The number of ether oxygens (including phenoxy) is 1. The predicted octanol–water partition coefficient (Wildman–Crippen LogP) is 5.59. The molecule has 0 aliphatic carbocycles. The average molecular weight is 348 g/mol. The van der Waals surface area contributed by atoms with Crippen molar-refractivity contribution >= 4 is 33.6 Å². The monoisotopic (exact) mass is 348 g/mol. The number of nitrogens with one attached hydrogen (secondary N) is 1. The highest BCUT2D eigenvalue weighted by Gasteiger charge is 2.03. The van der Waals surface area contributed by atoms with Gasteiger partial charge in [0.1, 0.15) is 5.75 Å². The summed E-state index contributed by atoms with van der Waals surface area (Å²) in [6.07, 6.45) is 0.980. The highest BCUT2D eigenvalue weighted by atomic mass is 32.2. The third kappa shape index (κ3) is 3.80. The van der Waals surface area contributed by atoms with Gasteiger partial charge in [-0.3, -0.25) is 0 Å². The largest absolute Gasteiger partial charge is 0.494 e. The Kier molecular flexibility index (Phi) is 4.61. The van der Waals surface area contributed by atoms with Crippen molar-refractivity contribution in [1.82, 2.24) is 9.97 Å². The molecule has 4 aromatic rings. The van der Waals surface area contributed by atoms with Crippen molar-refractivity contribution in [2.24, 2.45) is 0 Å². The number of aromatic amines is 1. The maximum absolute atomic E-state index is 5.88. The summed E-state index contributed by atoms with van der Waals surface area (Å²) in [6.45, 7) is 2.81. The first-order valence-electron chi connectivity index (χ1n) is 8.49. The van der Waals surface area contributed by atoms with Crippen LogP contribution in [0.2, 0.25) is 0 Å². The third-order valence-electron chi connectivity index (χ3n) is 4.13. The van der Waals surface area contributed by atoms with Crippen molar-refractivity contribution in [1.29, 1.82) is 0 Å². The van der Waals surface area contributed by atoms with Crippen LogP contribution >= 0.6 is 11.8 Å². The van der Waals surface area contributed by atoms with Crippen molar-refractivity contribution < 1.29 is 4.74 Å². The van der Waals surface area contributed by atoms with Gasteiger partial charge in [0.15, 0.2) is 5.16 Å². The van der Waals surface area contributed by atoms with Crippen LogP contribution in [0.3, 0.4) is 0 Å². The van der Waals surface area contributed by atoms with Crippen LogP contribution in [-0.2, 0) is 0 Å². The number of hydrogen-bond acceptors (Lipinski definition) is 3. The number of rotatable bonds is 6. The zero-order chi connectivity index (χ0) is 17.1. The van der Waals surface area contributed by atoms with Crippen LogP contribution in [0.4, 0.5) is 0 Å². The summed E-state index contributed by atoms with van der Waals surface area (Å²) in [5.41, 5.74) is 3.38. The fourth-order valence-corrected chi connectivity index (χ4v) is 3.64. The normalized spacial score (nSPS) is 11.2. The Balaban J connectivity index is 1.28. The van der Waals surface area contributed by atoms with E-state index in [1.54, 1.807) is 11.8 Å². The maximum atomic E-state index is 5.88. The number of aryl methyl sites for hydroxylation is 1. The molecule has 4 rings (SSSR count). The third-order valence-corrected chi connectivity index (χ3v) is 5.09. The summed E-state index contributed by atoms with van der Waals surface area (Å²) in [5, 5.41) is 3.43. The van der Waals surface area contributed by atoms with Crippen LogP contribution < -0.4 is 4.74 Å². The van der Waals surface area contributed by atoms with E-state index in [4.69, 9.17) is 4.74 Å². The summed E-state index contributed by atoms with van der Waals surface area (Å²) in [7, 11) is 0. The van der Waals surface area contributed by atoms with Crippen molar-refractivity contribution in [3.05, 3.63) is 66.2 Å². The molecule has 0 atom stereocenters. The molecule has 0 spiro atoms. The lowest BCUT2D eigenvalue weighted by Crippen LogP contribution is -1.98. The molecule has 3 aromatic carbocycles. The van der Waals surface area contributed by atoms with E-state index >= 15 is 0 Å². The Hall–Kier alpha value is -2.46. The van der Waals surface area contributed by atoms with Crippen molar-refractivity contribution in [3.8, 4) is 5.75 Å². The molecule has 1 aromatic heterocycles. The lowest BCUT2D eigenvalue weighted by Gasteiger charge is -2.07. The number of aromatic nitrogens is 2.